The first-order valence-electron chi connectivity index (χ1n) is 8.24. The summed E-state index contributed by atoms with van der Waals surface area (Å²) in [7, 11) is 1.62. The molecule has 126 valence electrons. The maximum absolute atomic E-state index is 12.5. The fourth-order valence-electron chi connectivity index (χ4n) is 3.14. The summed E-state index contributed by atoms with van der Waals surface area (Å²) in [4.78, 5) is 17.7. The molecule has 0 saturated heterocycles. The molecule has 5 heteroatoms. The summed E-state index contributed by atoms with van der Waals surface area (Å²) in [6.45, 7) is 0.632. The number of urea groups is 1. The third-order valence-corrected chi connectivity index (χ3v) is 4.47. The molecule has 0 bridgehead atoms. The van der Waals surface area contributed by atoms with Crippen LogP contribution in [0.25, 0.3) is 17.0 Å². The zero-order valence-corrected chi connectivity index (χ0v) is 14.0. The smallest absolute Gasteiger partial charge is 0.325 e. The lowest BCUT2D eigenvalue weighted by Gasteiger charge is -2.18. The molecule has 4 rings (SSSR count). The van der Waals surface area contributed by atoms with Crippen LogP contribution in [-0.2, 0) is 6.42 Å². The minimum atomic E-state index is -0.143. The number of hydrogen-bond donors (Lipinski definition) is 2. The number of para-hydroxylation sites is 1. The van der Waals surface area contributed by atoms with E-state index < -0.39 is 0 Å². The number of nitrogens with zero attached hydrogens (tertiary/aromatic N) is 1. The van der Waals surface area contributed by atoms with Gasteiger partial charge in [-0.2, -0.15) is 0 Å². The van der Waals surface area contributed by atoms with Crippen molar-refractivity contribution in [3.63, 3.8) is 0 Å². The molecular weight excluding hydrogens is 314 g/mol. The van der Waals surface area contributed by atoms with Crippen LogP contribution in [-0.4, -0.2) is 29.6 Å². The third-order valence-electron chi connectivity index (χ3n) is 4.47. The molecular formula is C20H19N3O2. The fourth-order valence-corrected chi connectivity index (χ4v) is 3.14. The van der Waals surface area contributed by atoms with Crippen molar-refractivity contribution in [3.05, 3.63) is 66.0 Å². The highest BCUT2D eigenvalue weighted by molar-refractivity contribution is 5.92. The van der Waals surface area contributed by atoms with Crippen LogP contribution in [0.3, 0.4) is 0 Å². The summed E-state index contributed by atoms with van der Waals surface area (Å²) < 4.78 is 5.13. The van der Waals surface area contributed by atoms with Crippen LogP contribution in [0.2, 0.25) is 0 Å². The first kappa shape index (κ1) is 15.3. The molecule has 1 aromatic heterocycles. The van der Waals surface area contributed by atoms with Gasteiger partial charge >= 0.3 is 6.03 Å². The Kier molecular flexibility index (Phi) is 3.90. The highest BCUT2D eigenvalue weighted by Gasteiger charge is 2.17. The summed E-state index contributed by atoms with van der Waals surface area (Å²) >= 11 is 0. The van der Waals surface area contributed by atoms with Crippen LogP contribution in [0.1, 0.15) is 11.3 Å². The second-order valence-corrected chi connectivity index (χ2v) is 5.98. The van der Waals surface area contributed by atoms with E-state index in [2.05, 4.69) is 22.4 Å². The van der Waals surface area contributed by atoms with Gasteiger partial charge in [0.15, 0.2) is 0 Å². The molecule has 2 aromatic carbocycles. The number of carbonyl (C=O) groups is 1. The van der Waals surface area contributed by atoms with Crippen LogP contribution in [0.15, 0.2) is 54.7 Å². The third kappa shape index (κ3) is 2.96. The first-order chi connectivity index (χ1) is 12.2. The van der Waals surface area contributed by atoms with Crippen LogP contribution >= 0.6 is 0 Å². The zero-order chi connectivity index (χ0) is 17.2. The van der Waals surface area contributed by atoms with Crippen molar-refractivity contribution in [3.8, 4) is 5.75 Å². The molecule has 0 aliphatic carbocycles. The van der Waals surface area contributed by atoms with E-state index in [0.29, 0.717) is 6.54 Å². The summed E-state index contributed by atoms with van der Waals surface area (Å²) in [6, 6.07) is 15.4. The molecule has 0 radical (unpaired) electrons. The number of anilines is 1. The van der Waals surface area contributed by atoms with Gasteiger partial charge in [-0.1, -0.05) is 18.2 Å². The van der Waals surface area contributed by atoms with Crippen molar-refractivity contribution in [2.24, 2.45) is 0 Å². The van der Waals surface area contributed by atoms with Crippen molar-refractivity contribution < 1.29 is 9.53 Å². The summed E-state index contributed by atoms with van der Waals surface area (Å²) in [5, 5.41) is 4.14. The molecule has 0 saturated carbocycles. The maximum atomic E-state index is 12.5. The van der Waals surface area contributed by atoms with Gasteiger partial charge in [-0.25, -0.2) is 4.79 Å². The largest absolute Gasteiger partial charge is 0.497 e. The van der Waals surface area contributed by atoms with E-state index in [1.54, 1.807) is 12.0 Å². The number of methoxy groups -OCH3 is 1. The van der Waals surface area contributed by atoms with Gasteiger partial charge in [0.2, 0.25) is 0 Å². The Morgan fingerprint density at radius 3 is 2.76 bits per heavy atom. The van der Waals surface area contributed by atoms with Gasteiger partial charge < -0.3 is 19.9 Å². The Bertz CT molecular complexity index is 941. The number of benzene rings is 2. The van der Waals surface area contributed by atoms with E-state index in [0.717, 1.165) is 29.1 Å². The number of hydrogen-bond acceptors (Lipinski definition) is 2. The van der Waals surface area contributed by atoms with Crippen molar-refractivity contribution in [2.75, 3.05) is 19.0 Å². The van der Waals surface area contributed by atoms with Crippen molar-refractivity contribution in [2.45, 2.75) is 6.42 Å². The maximum Gasteiger partial charge on any atom is 0.325 e. The lowest BCUT2D eigenvalue weighted by Crippen LogP contribution is -2.31. The Morgan fingerprint density at radius 1 is 1.16 bits per heavy atom. The molecule has 0 spiro atoms. The van der Waals surface area contributed by atoms with Gasteiger partial charge in [-0.15, -0.1) is 0 Å². The molecule has 0 unspecified atom stereocenters. The Hall–Kier alpha value is -3.21. The van der Waals surface area contributed by atoms with E-state index >= 15 is 0 Å². The van der Waals surface area contributed by atoms with Gasteiger partial charge in [-0.05, 0) is 48.4 Å². The standard InChI is InChI=1S/C20H19N3O2/c1-25-15-8-6-14(7-9-15)21-20(24)23-12-10-17-16-4-2-3-5-18(16)22-19(17)11-13-23/h2-9,11,13,22H,10,12H2,1H3,(H,21,24). The predicted molar refractivity (Wildman–Crippen MR) is 99.8 cm³/mol. The SMILES string of the molecule is COc1ccc(NC(=O)N2C=Cc3[nH]c4ccccc4c3CC2)cc1. The number of H-pyrrole nitrogens is 1. The number of amides is 2. The molecule has 0 fully saturated rings. The molecule has 25 heavy (non-hydrogen) atoms. The number of nitrogens with one attached hydrogen (secondary N) is 2. The molecule has 0 atom stereocenters. The lowest BCUT2D eigenvalue weighted by molar-refractivity contribution is 0.229. The number of aromatic amines is 1. The van der Waals surface area contributed by atoms with Crippen LogP contribution < -0.4 is 10.1 Å². The number of carbonyl (C=O) groups excluding carboxylic acids is 1. The molecule has 1 aliphatic heterocycles. The normalized spacial score (nSPS) is 13.4. The van der Waals surface area contributed by atoms with Crippen LogP contribution in [0.5, 0.6) is 5.75 Å². The first-order valence-corrected chi connectivity index (χ1v) is 8.24. The van der Waals surface area contributed by atoms with Crippen molar-refractivity contribution in [1.29, 1.82) is 0 Å². The summed E-state index contributed by atoms with van der Waals surface area (Å²) in [5.41, 5.74) is 4.20. The molecule has 3 aromatic rings. The van der Waals surface area contributed by atoms with E-state index in [1.807, 2.05) is 48.7 Å². The molecule has 1 aliphatic rings. The van der Waals surface area contributed by atoms with Crippen LogP contribution in [0, 0.1) is 0 Å². The van der Waals surface area contributed by atoms with Crippen molar-refractivity contribution >= 4 is 28.7 Å². The van der Waals surface area contributed by atoms with E-state index in [4.69, 9.17) is 4.74 Å². The van der Waals surface area contributed by atoms with E-state index in [-0.39, 0.29) is 6.03 Å². The highest BCUT2D eigenvalue weighted by Crippen LogP contribution is 2.26. The summed E-state index contributed by atoms with van der Waals surface area (Å²) in [6.07, 6.45) is 4.61. The number of aromatic nitrogens is 1. The van der Waals surface area contributed by atoms with E-state index in [9.17, 15) is 4.79 Å². The van der Waals surface area contributed by atoms with E-state index in [1.165, 1.54) is 10.9 Å². The minimum absolute atomic E-state index is 0.143. The Labute approximate surface area is 145 Å². The van der Waals surface area contributed by atoms with Gasteiger partial charge in [0.25, 0.3) is 0 Å². The second-order valence-electron chi connectivity index (χ2n) is 5.98. The monoisotopic (exact) mass is 333 g/mol. The van der Waals surface area contributed by atoms with Gasteiger partial charge in [-0.3, -0.25) is 0 Å². The van der Waals surface area contributed by atoms with Crippen LogP contribution in [0.4, 0.5) is 10.5 Å². The van der Waals surface area contributed by atoms with Gasteiger partial charge in [0.1, 0.15) is 5.75 Å². The van der Waals surface area contributed by atoms with Gasteiger partial charge in [0.05, 0.1) is 7.11 Å². The lowest BCUT2D eigenvalue weighted by atomic mass is 10.1. The number of ether oxygens (including phenoxy) is 1. The highest BCUT2D eigenvalue weighted by atomic mass is 16.5. The minimum Gasteiger partial charge on any atom is -0.497 e. The molecule has 5 nitrogen and oxygen atoms in total. The average molecular weight is 333 g/mol. The van der Waals surface area contributed by atoms with Crippen molar-refractivity contribution in [1.82, 2.24) is 9.88 Å². The molecule has 2 amide bonds. The molecule has 2 N–H and O–H groups in total. The number of rotatable bonds is 2. The quantitative estimate of drug-likeness (QED) is 0.737. The number of fused-ring (bicyclic) bond motifs is 3. The fraction of sp³-hybridized carbons (Fsp3) is 0.150. The topological polar surface area (TPSA) is 57.4 Å². The predicted octanol–water partition coefficient (Wildman–Crippen LogP) is 4.24. The summed E-state index contributed by atoms with van der Waals surface area (Å²) in [5.74, 6) is 0.762. The molecule has 2 heterocycles. The zero-order valence-electron chi connectivity index (χ0n) is 14.0. The van der Waals surface area contributed by atoms with Gasteiger partial charge in [0, 0.05) is 35.0 Å². The average Bonchev–Trinajstić information content (AvgIpc) is 2.86. The second kappa shape index (κ2) is 6.36. The Balaban J connectivity index is 1.51. The Morgan fingerprint density at radius 2 is 1.96 bits per heavy atom.